The first-order chi connectivity index (χ1) is 16.2. The number of hydrogen-bond donors (Lipinski definition) is 2. The Morgan fingerprint density at radius 2 is 1.73 bits per heavy atom. The highest BCUT2D eigenvalue weighted by molar-refractivity contribution is 6.18. The van der Waals surface area contributed by atoms with Crippen molar-refractivity contribution in [2.75, 3.05) is 5.32 Å². The summed E-state index contributed by atoms with van der Waals surface area (Å²) in [6.07, 6.45) is 10.4. The molecule has 0 atom stereocenters. The van der Waals surface area contributed by atoms with Crippen LogP contribution >= 0.6 is 0 Å². The molecule has 1 aliphatic rings. The molecule has 5 rings (SSSR count). The number of aryl methyl sites for hydroxylation is 2. The van der Waals surface area contributed by atoms with Gasteiger partial charge in [0.2, 0.25) is 0 Å². The molecule has 5 nitrogen and oxygen atoms in total. The van der Waals surface area contributed by atoms with Crippen LogP contribution in [-0.4, -0.2) is 26.8 Å². The molecule has 2 N–H and O–H groups in total. The van der Waals surface area contributed by atoms with Crippen molar-refractivity contribution in [2.24, 2.45) is 5.92 Å². The fourth-order valence-corrected chi connectivity index (χ4v) is 5.03. The Bertz CT molecular complexity index is 1240. The summed E-state index contributed by atoms with van der Waals surface area (Å²) in [7, 11) is 0. The van der Waals surface area contributed by atoms with E-state index in [1.54, 1.807) is 12.5 Å². The predicted octanol–water partition coefficient (Wildman–Crippen LogP) is 6.10. The van der Waals surface area contributed by atoms with Crippen molar-refractivity contribution in [2.45, 2.75) is 51.5 Å². The number of fused-ring (bicyclic) bond motifs is 1. The van der Waals surface area contributed by atoms with Crippen molar-refractivity contribution in [3.05, 3.63) is 89.4 Å². The van der Waals surface area contributed by atoms with Crippen molar-refractivity contribution in [1.29, 1.82) is 0 Å². The zero-order chi connectivity index (χ0) is 22.6. The summed E-state index contributed by atoms with van der Waals surface area (Å²) in [5, 5.41) is 4.43. The third kappa shape index (κ3) is 4.68. The molecule has 0 bridgehead atoms. The Labute approximate surface area is 194 Å². The summed E-state index contributed by atoms with van der Waals surface area (Å²) in [5.74, 6) is 1.53. The average Bonchev–Trinajstić information content (AvgIpc) is 3.29. The van der Waals surface area contributed by atoms with Crippen LogP contribution in [0.4, 0.5) is 5.82 Å². The minimum absolute atomic E-state index is 0.00169. The summed E-state index contributed by atoms with van der Waals surface area (Å²) in [5.41, 5.74) is 4.43. The number of carbonyl (C=O) groups is 1. The normalized spacial score (nSPS) is 18.3. The van der Waals surface area contributed by atoms with Crippen molar-refractivity contribution >= 4 is 22.6 Å². The summed E-state index contributed by atoms with van der Waals surface area (Å²) in [4.78, 5) is 25.4. The Balaban J connectivity index is 1.28. The average molecular weight is 439 g/mol. The highest BCUT2D eigenvalue weighted by Crippen LogP contribution is 2.32. The molecule has 0 aliphatic heterocycles. The molecule has 4 aromatic rings. The standard InChI is InChI=1S/C28H30N4O/c1-19-7-5-6-10-23(19)26(33)24-17-29-27-25(24)28(31-18-30-27)32-22-15-13-21(14-16-22)12-11-20-8-3-2-4-9-20/h2-10,17-18,21-22H,11-16H2,1H3,(H2,29,30,31,32). The largest absolute Gasteiger partial charge is 0.367 e. The maximum absolute atomic E-state index is 13.3. The molecule has 33 heavy (non-hydrogen) atoms. The number of nitrogens with one attached hydrogen (secondary N) is 2. The number of carbonyl (C=O) groups excluding carboxylic acids is 1. The van der Waals surface area contributed by atoms with Gasteiger partial charge in [0.25, 0.3) is 0 Å². The Kier molecular flexibility index (Phi) is 6.20. The lowest BCUT2D eigenvalue weighted by atomic mass is 9.82. The van der Waals surface area contributed by atoms with E-state index >= 15 is 0 Å². The molecule has 1 aliphatic carbocycles. The number of anilines is 1. The molecule has 0 radical (unpaired) electrons. The molecule has 0 unspecified atom stereocenters. The maximum atomic E-state index is 13.3. The second-order valence-electron chi connectivity index (χ2n) is 9.18. The molecule has 5 heteroatoms. The molecular weight excluding hydrogens is 408 g/mol. The minimum Gasteiger partial charge on any atom is -0.367 e. The second kappa shape index (κ2) is 9.57. The Morgan fingerprint density at radius 3 is 2.52 bits per heavy atom. The minimum atomic E-state index is 0.00169. The SMILES string of the molecule is Cc1ccccc1C(=O)c1c[nH]c2ncnc(NC3CCC(CCc4ccccc4)CC3)c12. The predicted molar refractivity (Wildman–Crippen MR) is 133 cm³/mol. The zero-order valence-electron chi connectivity index (χ0n) is 19.1. The third-order valence-electron chi connectivity index (χ3n) is 6.98. The van der Waals surface area contributed by atoms with E-state index in [0.717, 1.165) is 41.9 Å². The van der Waals surface area contributed by atoms with Crippen LogP contribution in [0.5, 0.6) is 0 Å². The van der Waals surface area contributed by atoms with Gasteiger partial charge in [-0.25, -0.2) is 9.97 Å². The first-order valence-electron chi connectivity index (χ1n) is 11.9. The molecule has 2 heterocycles. The van der Waals surface area contributed by atoms with Crippen LogP contribution < -0.4 is 5.32 Å². The van der Waals surface area contributed by atoms with Gasteiger partial charge in [0.05, 0.1) is 10.9 Å². The van der Waals surface area contributed by atoms with Crippen molar-refractivity contribution in [3.8, 4) is 0 Å². The molecule has 2 aromatic heterocycles. The van der Waals surface area contributed by atoms with Gasteiger partial charge in [-0.2, -0.15) is 0 Å². The van der Waals surface area contributed by atoms with E-state index in [1.807, 2.05) is 31.2 Å². The summed E-state index contributed by atoms with van der Waals surface area (Å²) in [6, 6.07) is 18.8. The lowest BCUT2D eigenvalue weighted by Gasteiger charge is -2.29. The maximum Gasteiger partial charge on any atom is 0.195 e. The molecule has 2 aromatic carbocycles. The zero-order valence-corrected chi connectivity index (χ0v) is 19.1. The second-order valence-corrected chi connectivity index (χ2v) is 9.18. The van der Waals surface area contributed by atoms with Gasteiger partial charge in [-0.15, -0.1) is 0 Å². The van der Waals surface area contributed by atoms with Crippen molar-refractivity contribution < 1.29 is 4.79 Å². The molecule has 1 fully saturated rings. The van der Waals surface area contributed by atoms with E-state index in [4.69, 9.17) is 0 Å². The lowest BCUT2D eigenvalue weighted by Crippen LogP contribution is -2.27. The van der Waals surface area contributed by atoms with E-state index < -0.39 is 0 Å². The first-order valence-corrected chi connectivity index (χ1v) is 11.9. The van der Waals surface area contributed by atoms with Gasteiger partial charge in [-0.1, -0.05) is 54.6 Å². The highest BCUT2D eigenvalue weighted by Gasteiger charge is 2.24. The van der Waals surface area contributed by atoms with Crippen LogP contribution in [0.1, 0.15) is 59.2 Å². The van der Waals surface area contributed by atoms with Gasteiger partial charge in [0.15, 0.2) is 5.78 Å². The van der Waals surface area contributed by atoms with Crippen molar-refractivity contribution in [3.63, 3.8) is 0 Å². The number of H-pyrrole nitrogens is 1. The number of benzene rings is 2. The van der Waals surface area contributed by atoms with Gasteiger partial charge in [0.1, 0.15) is 17.8 Å². The van der Waals surface area contributed by atoms with Gasteiger partial charge in [-0.05, 0) is 62.5 Å². The number of aromatic amines is 1. The van der Waals surface area contributed by atoms with Gasteiger partial charge in [-0.3, -0.25) is 4.79 Å². The topological polar surface area (TPSA) is 70.7 Å². The Hall–Kier alpha value is -3.47. The number of rotatable bonds is 7. The molecular formula is C28H30N4O. The number of hydrogen-bond acceptors (Lipinski definition) is 4. The lowest BCUT2D eigenvalue weighted by molar-refractivity contribution is 0.103. The van der Waals surface area contributed by atoms with Crippen LogP contribution in [0.25, 0.3) is 11.0 Å². The van der Waals surface area contributed by atoms with Crippen LogP contribution in [0, 0.1) is 12.8 Å². The van der Waals surface area contributed by atoms with Gasteiger partial charge in [0, 0.05) is 17.8 Å². The summed E-state index contributed by atoms with van der Waals surface area (Å²) < 4.78 is 0. The fraction of sp³-hybridized carbons (Fsp3) is 0.321. The van der Waals surface area contributed by atoms with Gasteiger partial charge >= 0.3 is 0 Å². The molecule has 1 saturated carbocycles. The summed E-state index contributed by atoms with van der Waals surface area (Å²) >= 11 is 0. The van der Waals surface area contributed by atoms with Crippen molar-refractivity contribution in [1.82, 2.24) is 15.0 Å². The quantitative estimate of drug-likeness (QED) is 0.342. The Morgan fingerprint density at radius 1 is 0.970 bits per heavy atom. The van der Waals surface area contributed by atoms with E-state index in [1.165, 1.54) is 24.8 Å². The molecule has 0 saturated heterocycles. The van der Waals surface area contributed by atoms with Crippen LogP contribution in [0.15, 0.2) is 67.1 Å². The molecule has 0 spiro atoms. The number of ketones is 1. The fourth-order valence-electron chi connectivity index (χ4n) is 5.03. The highest BCUT2D eigenvalue weighted by atomic mass is 16.1. The van der Waals surface area contributed by atoms with Gasteiger partial charge < -0.3 is 10.3 Å². The van der Waals surface area contributed by atoms with E-state index in [0.29, 0.717) is 22.8 Å². The smallest absolute Gasteiger partial charge is 0.195 e. The van der Waals surface area contributed by atoms with Crippen LogP contribution in [0.2, 0.25) is 0 Å². The number of aromatic nitrogens is 3. The number of nitrogens with zero attached hydrogens (tertiary/aromatic N) is 2. The monoisotopic (exact) mass is 438 g/mol. The van der Waals surface area contributed by atoms with Crippen LogP contribution in [0.3, 0.4) is 0 Å². The summed E-state index contributed by atoms with van der Waals surface area (Å²) in [6.45, 7) is 1.97. The van der Waals surface area contributed by atoms with Crippen LogP contribution in [-0.2, 0) is 6.42 Å². The third-order valence-corrected chi connectivity index (χ3v) is 6.98. The molecule has 168 valence electrons. The van der Waals surface area contributed by atoms with E-state index in [-0.39, 0.29) is 5.78 Å². The molecule has 0 amide bonds. The van der Waals surface area contributed by atoms with E-state index in [9.17, 15) is 4.79 Å². The van der Waals surface area contributed by atoms with E-state index in [2.05, 4.69) is 50.6 Å². The first kappa shape index (κ1) is 21.4.